The van der Waals surface area contributed by atoms with Crippen LogP contribution in [0.25, 0.3) is 11.7 Å². The summed E-state index contributed by atoms with van der Waals surface area (Å²) >= 11 is 0. The van der Waals surface area contributed by atoms with Gasteiger partial charge in [-0.2, -0.15) is 0 Å². The molecule has 0 aliphatic heterocycles. The second kappa shape index (κ2) is 9.42. The molecule has 30 heavy (non-hydrogen) atoms. The van der Waals surface area contributed by atoms with Crippen molar-refractivity contribution in [2.45, 2.75) is 6.61 Å². The van der Waals surface area contributed by atoms with E-state index in [0.717, 1.165) is 5.75 Å². The summed E-state index contributed by atoms with van der Waals surface area (Å²) in [6.45, 7) is 0.443. The molecule has 0 radical (unpaired) electrons. The van der Waals surface area contributed by atoms with E-state index < -0.39 is 5.97 Å². The average Bonchev–Trinajstić information content (AvgIpc) is 3.48. The van der Waals surface area contributed by atoms with Crippen molar-refractivity contribution < 1.29 is 27.8 Å². The minimum absolute atomic E-state index is 0.157. The van der Waals surface area contributed by atoms with Crippen molar-refractivity contribution >= 4 is 5.97 Å². The monoisotopic (exact) mass is 406 g/mol. The van der Waals surface area contributed by atoms with E-state index in [-0.39, 0.29) is 25.0 Å². The van der Waals surface area contributed by atoms with Gasteiger partial charge in [-0.1, -0.05) is 30.3 Å². The lowest BCUT2D eigenvalue weighted by Crippen LogP contribution is -2.12. The lowest BCUT2D eigenvalue weighted by Gasteiger charge is -2.11. The highest BCUT2D eigenvalue weighted by Crippen LogP contribution is 2.21. The van der Waals surface area contributed by atoms with E-state index in [1.807, 2.05) is 30.3 Å². The van der Waals surface area contributed by atoms with Crippen molar-refractivity contribution in [1.82, 2.24) is 10.2 Å². The molecule has 0 bridgehead atoms. The number of ether oxygens (including phenoxy) is 3. The third-order valence-electron chi connectivity index (χ3n) is 3.99. The zero-order valence-corrected chi connectivity index (χ0v) is 15.9. The Bertz CT molecular complexity index is 1080. The topological polar surface area (TPSA) is 96.8 Å². The van der Waals surface area contributed by atoms with Gasteiger partial charge in [0.25, 0.3) is 11.8 Å². The van der Waals surface area contributed by atoms with Crippen molar-refractivity contribution in [3.05, 3.63) is 84.4 Å². The summed E-state index contributed by atoms with van der Waals surface area (Å²) in [6, 6.07) is 19.6. The van der Waals surface area contributed by atoms with Crippen LogP contribution in [0.15, 0.2) is 81.8 Å². The summed E-state index contributed by atoms with van der Waals surface area (Å²) < 4.78 is 27.2. The first-order chi connectivity index (χ1) is 14.8. The van der Waals surface area contributed by atoms with Gasteiger partial charge in [0.05, 0.1) is 6.26 Å². The standard InChI is InChI=1S/C22H18N2O6/c25-22(29-15-20-23-24-21(30-20)19-11-6-12-27-19)17-9-4-5-10-18(17)28-14-13-26-16-7-2-1-3-8-16/h1-12H,13-15H2. The largest absolute Gasteiger partial charge is 0.490 e. The van der Waals surface area contributed by atoms with Crippen molar-refractivity contribution in [3.8, 4) is 23.1 Å². The molecule has 0 saturated heterocycles. The lowest BCUT2D eigenvalue weighted by molar-refractivity contribution is 0.0433. The molecule has 2 aromatic carbocycles. The van der Waals surface area contributed by atoms with Crippen molar-refractivity contribution in [2.24, 2.45) is 0 Å². The number of carbonyl (C=O) groups is 1. The Hall–Kier alpha value is -4.07. The minimum Gasteiger partial charge on any atom is -0.490 e. The van der Waals surface area contributed by atoms with Crippen LogP contribution in [0, 0.1) is 0 Å². The maximum Gasteiger partial charge on any atom is 0.342 e. The van der Waals surface area contributed by atoms with Crippen LogP contribution >= 0.6 is 0 Å². The quantitative estimate of drug-likeness (QED) is 0.302. The van der Waals surface area contributed by atoms with Crippen LogP contribution in [-0.4, -0.2) is 29.4 Å². The maximum absolute atomic E-state index is 12.5. The van der Waals surface area contributed by atoms with E-state index in [2.05, 4.69) is 10.2 Å². The maximum atomic E-state index is 12.5. The fourth-order valence-corrected chi connectivity index (χ4v) is 2.61. The number of hydrogen-bond acceptors (Lipinski definition) is 8. The number of carbonyl (C=O) groups excluding carboxylic acids is 1. The fourth-order valence-electron chi connectivity index (χ4n) is 2.61. The molecule has 8 heteroatoms. The first kappa shape index (κ1) is 19.3. The van der Waals surface area contributed by atoms with Crippen LogP contribution in [0.2, 0.25) is 0 Å². The summed E-state index contributed by atoms with van der Waals surface area (Å²) in [7, 11) is 0. The fraction of sp³-hybridized carbons (Fsp3) is 0.136. The lowest BCUT2D eigenvalue weighted by atomic mass is 10.2. The van der Waals surface area contributed by atoms with Gasteiger partial charge >= 0.3 is 5.97 Å². The van der Waals surface area contributed by atoms with E-state index >= 15 is 0 Å². The molecule has 0 fully saturated rings. The molecular weight excluding hydrogens is 388 g/mol. The van der Waals surface area contributed by atoms with E-state index in [1.54, 1.807) is 36.4 Å². The second-order valence-electron chi connectivity index (χ2n) is 6.06. The predicted octanol–water partition coefficient (Wildman–Crippen LogP) is 4.14. The first-order valence-corrected chi connectivity index (χ1v) is 9.22. The number of furan rings is 1. The number of aromatic nitrogens is 2. The van der Waals surface area contributed by atoms with Gasteiger partial charge in [-0.3, -0.25) is 0 Å². The number of para-hydroxylation sites is 2. The van der Waals surface area contributed by atoms with Crippen molar-refractivity contribution in [3.63, 3.8) is 0 Å². The minimum atomic E-state index is -0.563. The molecule has 2 heterocycles. The van der Waals surface area contributed by atoms with Gasteiger partial charge in [-0.05, 0) is 36.4 Å². The molecule has 0 spiro atoms. The molecule has 2 aromatic heterocycles. The highest BCUT2D eigenvalue weighted by atomic mass is 16.5. The molecule has 4 rings (SSSR count). The third kappa shape index (κ3) is 4.85. The van der Waals surface area contributed by atoms with Gasteiger partial charge in [0.1, 0.15) is 30.3 Å². The van der Waals surface area contributed by atoms with E-state index in [9.17, 15) is 4.79 Å². The molecule has 0 aliphatic rings. The number of benzene rings is 2. The van der Waals surface area contributed by atoms with Gasteiger partial charge in [-0.25, -0.2) is 4.79 Å². The Kier molecular flexibility index (Phi) is 6.05. The Morgan fingerprint density at radius 1 is 0.867 bits per heavy atom. The Balaban J connectivity index is 1.30. The smallest absolute Gasteiger partial charge is 0.342 e. The molecule has 8 nitrogen and oxygen atoms in total. The van der Waals surface area contributed by atoms with Gasteiger partial charge in [0.2, 0.25) is 0 Å². The summed E-state index contributed by atoms with van der Waals surface area (Å²) in [5, 5.41) is 7.71. The van der Waals surface area contributed by atoms with Crippen LogP contribution in [0.3, 0.4) is 0 Å². The molecular formula is C22H18N2O6. The first-order valence-electron chi connectivity index (χ1n) is 9.22. The predicted molar refractivity (Wildman–Crippen MR) is 105 cm³/mol. The van der Waals surface area contributed by atoms with Crippen LogP contribution in [0.1, 0.15) is 16.2 Å². The Labute approximate surface area is 172 Å². The van der Waals surface area contributed by atoms with E-state index in [1.165, 1.54) is 6.26 Å². The molecule has 4 aromatic rings. The molecule has 0 amide bonds. The Morgan fingerprint density at radius 2 is 1.67 bits per heavy atom. The molecule has 152 valence electrons. The van der Waals surface area contributed by atoms with E-state index in [0.29, 0.717) is 23.7 Å². The van der Waals surface area contributed by atoms with Crippen molar-refractivity contribution in [2.75, 3.05) is 13.2 Å². The molecule has 0 N–H and O–H groups in total. The van der Waals surface area contributed by atoms with Crippen LogP contribution < -0.4 is 9.47 Å². The Morgan fingerprint density at radius 3 is 2.50 bits per heavy atom. The second-order valence-corrected chi connectivity index (χ2v) is 6.06. The van der Waals surface area contributed by atoms with Crippen LogP contribution in [-0.2, 0) is 11.3 Å². The number of nitrogens with zero attached hydrogens (tertiary/aromatic N) is 2. The highest BCUT2D eigenvalue weighted by Gasteiger charge is 2.16. The molecule has 0 saturated carbocycles. The van der Waals surface area contributed by atoms with Gasteiger partial charge in [0.15, 0.2) is 12.4 Å². The number of hydrogen-bond donors (Lipinski definition) is 0. The molecule has 0 aliphatic carbocycles. The number of rotatable bonds is 9. The third-order valence-corrected chi connectivity index (χ3v) is 3.99. The zero-order chi connectivity index (χ0) is 20.6. The zero-order valence-electron chi connectivity index (χ0n) is 15.9. The van der Waals surface area contributed by atoms with Crippen LogP contribution in [0.5, 0.6) is 11.5 Å². The normalized spacial score (nSPS) is 10.5. The molecule has 0 unspecified atom stereocenters. The number of esters is 1. The van der Waals surface area contributed by atoms with Gasteiger partial charge in [-0.15, -0.1) is 10.2 Å². The summed E-state index contributed by atoms with van der Waals surface area (Å²) in [5.41, 5.74) is 0.294. The van der Waals surface area contributed by atoms with Crippen LogP contribution in [0.4, 0.5) is 0 Å². The SMILES string of the molecule is O=C(OCc1nnc(-c2ccco2)o1)c1ccccc1OCCOc1ccccc1. The van der Waals surface area contributed by atoms with Crippen molar-refractivity contribution in [1.29, 1.82) is 0 Å². The summed E-state index contributed by atoms with van der Waals surface area (Å²) in [6.07, 6.45) is 1.50. The molecule has 0 atom stereocenters. The van der Waals surface area contributed by atoms with Gasteiger partial charge in [0, 0.05) is 0 Å². The summed E-state index contributed by atoms with van der Waals surface area (Å²) in [4.78, 5) is 12.5. The highest BCUT2D eigenvalue weighted by molar-refractivity contribution is 5.92. The average molecular weight is 406 g/mol. The summed E-state index contributed by atoms with van der Waals surface area (Å²) in [5.74, 6) is 1.41. The van der Waals surface area contributed by atoms with E-state index in [4.69, 9.17) is 23.0 Å². The van der Waals surface area contributed by atoms with Gasteiger partial charge < -0.3 is 23.0 Å².